The highest BCUT2D eigenvalue weighted by atomic mass is 15.5. The van der Waals surface area contributed by atoms with Gasteiger partial charge < -0.3 is 0 Å². The normalized spacial score (nSPS) is 11.1. The van der Waals surface area contributed by atoms with Crippen molar-refractivity contribution in [2.75, 3.05) is 13.1 Å². The molecule has 4 heteroatoms. The van der Waals surface area contributed by atoms with Crippen LogP contribution in [0.2, 0.25) is 0 Å². The average molecular weight is 210 g/mol. The van der Waals surface area contributed by atoms with Crippen LogP contribution >= 0.6 is 0 Å². The molecule has 4 nitrogen and oxygen atoms in total. The molecule has 0 bridgehead atoms. The molecule has 0 fully saturated rings. The molecular weight excluding hydrogens is 188 g/mol. The van der Waals surface area contributed by atoms with Crippen LogP contribution in [0.5, 0.6) is 0 Å². The number of aromatic nitrogens is 3. The Bertz CT molecular complexity index is 225. The third-order valence-electron chi connectivity index (χ3n) is 2.47. The van der Waals surface area contributed by atoms with E-state index in [9.17, 15) is 0 Å². The summed E-state index contributed by atoms with van der Waals surface area (Å²) in [6.07, 6.45) is 8.68. The zero-order valence-electron chi connectivity index (χ0n) is 9.89. The van der Waals surface area contributed by atoms with Crippen LogP contribution in [-0.4, -0.2) is 33.0 Å². The molecule has 15 heavy (non-hydrogen) atoms. The Morgan fingerprint density at radius 2 is 1.80 bits per heavy atom. The summed E-state index contributed by atoms with van der Waals surface area (Å²) < 4.78 is 1.89. The first-order valence-corrected chi connectivity index (χ1v) is 5.93. The minimum Gasteiger partial charge on any atom is -0.284 e. The quantitative estimate of drug-likeness (QED) is 0.659. The molecule has 0 aliphatic carbocycles. The highest BCUT2D eigenvalue weighted by Gasteiger charge is 2.04. The molecule has 1 aromatic heterocycles. The minimum atomic E-state index is 0.875. The molecule has 0 spiro atoms. The Balaban J connectivity index is 2.33. The second-order valence-corrected chi connectivity index (χ2v) is 3.91. The van der Waals surface area contributed by atoms with Gasteiger partial charge in [-0.05, 0) is 25.9 Å². The van der Waals surface area contributed by atoms with Gasteiger partial charge in [-0.25, -0.2) is 4.68 Å². The molecule has 0 N–H and O–H groups in total. The van der Waals surface area contributed by atoms with E-state index in [1.165, 1.54) is 25.7 Å². The molecule has 0 aromatic carbocycles. The smallest absolute Gasteiger partial charge is 0.0946 e. The van der Waals surface area contributed by atoms with Crippen LogP contribution in [0.4, 0.5) is 0 Å². The van der Waals surface area contributed by atoms with Gasteiger partial charge in [-0.3, -0.25) is 4.90 Å². The van der Waals surface area contributed by atoms with Crippen molar-refractivity contribution in [1.29, 1.82) is 0 Å². The molecule has 1 aromatic rings. The van der Waals surface area contributed by atoms with Crippen molar-refractivity contribution in [2.45, 2.75) is 46.2 Å². The zero-order chi connectivity index (χ0) is 10.9. The molecule has 86 valence electrons. The van der Waals surface area contributed by atoms with Crippen molar-refractivity contribution < 1.29 is 0 Å². The highest BCUT2D eigenvalue weighted by Crippen LogP contribution is 2.00. The van der Waals surface area contributed by atoms with Gasteiger partial charge in [0, 0.05) is 6.20 Å². The summed E-state index contributed by atoms with van der Waals surface area (Å²) in [5.74, 6) is 0. The molecule has 0 saturated heterocycles. The third kappa shape index (κ3) is 4.93. The van der Waals surface area contributed by atoms with Gasteiger partial charge in [-0.1, -0.05) is 31.9 Å². The maximum absolute atomic E-state index is 4.00. The molecule has 0 aliphatic rings. The summed E-state index contributed by atoms with van der Waals surface area (Å²) in [6.45, 7) is 7.66. The standard InChI is InChI=1S/C11H22N4/c1-3-5-8-14(9-6-4-2)11-15-10-7-12-13-15/h7,10H,3-6,8-9,11H2,1-2H3. The molecule has 1 heterocycles. The fourth-order valence-corrected chi connectivity index (χ4v) is 1.53. The first-order valence-electron chi connectivity index (χ1n) is 5.93. The number of hydrogen-bond donors (Lipinski definition) is 0. The average Bonchev–Trinajstić information content (AvgIpc) is 2.74. The van der Waals surface area contributed by atoms with Crippen LogP contribution in [0.1, 0.15) is 39.5 Å². The van der Waals surface area contributed by atoms with Crippen LogP contribution in [0, 0.1) is 0 Å². The molecule has 0 amide bonds. The van der Waals surface area contributed by atoms with Gasteiger partial charge in [0.15, 0.2) is 0 Å². The number of unbranched alkanes of at least 4 members (excludes halogenated alkanes) is 2. The Kier molecular flexibility index (Phi) is 6.00. The summed E-state index contributed by atoms with van der Waals surface area (Å²) >= 11 is 0. The molecule has 0 aliphatic heterocycles. The predicted octanol–water partition coefficient (Wildman–Crippen LogP) is 2.14. The molecule has 0 unspecified atom stereocenters. The SMILES string of the molecule is CCCCN(CCCC)Cn1ccnn1. The van der Waals surface area contributed by atoms with Gasteiger partial charge in [0.25, 0.3) is 0 Å². The van der Waals surface area contributed by atoms with Crippen molar-refractivity contribution in [2.24, 2.45) is 0 Å². The van der Waals surface area contributed by atoms with Crippen LogP contribution in [0.15, 0.2) is 12.4 Å². The first-order chi connectivity index (χ1) is 7.36. The monoisotopic (exact) mass is 210 g/mol. The van der Waals surface area contributed by atoms with Crippen LogP contribution < -0.4 is 0 Å². The highest BCUT2D eigenvalue weighted by molar-refractivity contribution is 4.64. The van der Waals surface area contributed by atoms with Gasteiger partial charge in [-0.2, -0.15) is 0 Å². The molecular formula is C11H22N4. The third-order valence-corrected chi connectivity index (χ3v) is 2.47. The van der Waals surface area contributed by atoms with Gasteiger partial charge in [0.2, 0.25) is 0 Å². The zero-order valence-corrected chi connectivity index (χ0v) is 9.89. The van der Waals surface area contributed by atoms with Crippen molar-refractivity contribution in [3.05, 3.63) is 12.4 Å². The van der Waals surface area contributed by atoms with E-state index in [0.29, 0.717) is 0 Å². The van der Waals surface area contributed by atoms with E-state index in [1.807, 2.05) is 10.9 Å². The van der Waals surface area contributed by atoms with Gasteiger partial charge in [0.05, 0.1) is 12.9 Å². The second-order valence-electron chi connectivity index (χ2n) is 3.91. The molecule has 1 rings (SSSR count). The second kappa shape index (κ2) is 7.40. The topological polar surface area (TPSA) is 34.0 Å². The fourth-order valence-electron chi connectivity index (χ4n) is 1.53. The van der Waals surface area contributed by atoms with E-state index in [-0.39, 0.29) is 0 Å². The summed E-state index contributed by atoms with van der Waals surface area (Å²) in [7, 11) is 0. The first kappa shape index (κ1) is 12.2. The minimum absolute atomic E-state index is 0.875. The van der Waals surface area contributed by atoms with E-state index >= 15 is 0 Å². The Morgan fingerprint density at radius 3 is 2.27 bits per heavy atom. The van der Waals surface area contributed by atoms with Gasteiger partial charge in [-0.15, -0.1) is 5.10 Å². The number of rotatable bonds is 8. The Labute approximate surface area is 92.3 Å². The summed E-state index contributed by atoms with van der Waals surface area (Å²) in [5.41, 5.74) is 0. The maximum Gasteiger partial charge on any atom is 0.0946 e. The molecule has 0 atom stereocenters. The van der Waals surface area contributed by atoms with E-state index in [0.717, 1.165) is 19.8 Å². The van der Waals surface area contributed by atoms with Crippen molar-refractivity contribution >= 4 is 0 Å². The van der Waals surface area contributed by atoms with E-state index in [1.54, 1.807) is 6.20 Å². The van der Waals surface area contributed by atoms with Crippen LogP contribution in [-0.2, 0) is 6.67 Å². The lowest BCUT2D eigenvalue weighted by atomic mass is 10.3. The van der Waals surface area contributed by atoms with Gasteiger partial charge in [0.1, 0.15) is 0 Å². The summed E-state index contributed by atoms with van der Waals surface area (Å²) in [6, 6.07) is 0. The largest absolute Gasteiger partial charge is 0.284 e. The summed E-state index contributed by atoms with van der Waals surface area (Å²) in [5, 5.41) is 7.82. The predicted molar refractivity (Wildman–Crippen MR) is 61.4 cm³/mol. The number of nitrogens with zero attached hydrogens (tertiary/aromatic N) is 4. The molecule has 0 saturated carbocycles. The number of hydrogen-bond acceptors (Lipinski definition) is 3. The van der Waals surface area contributed by atoms with E-state index < -0.39 is 0 Å². The van der Waals surface area contributed by atoms with Crippen molar-refractivity contribution in [1.82, 2.24) is 19.9 Å². The van der Waals surface area contributed by atoms with Crippen molar-refractivity contribution in [3.8, 4) is 0 Å². The Morgan fingerprint density at radius 1 is 1.13 bits per heavy atom. The Hall–Kier alpha value is -0.900. The van der Waals surface area contributed by atoms with E-state index in [4.69, 9.17) is 0 Å². The van der Waals surface area contributed by atoms with Crippen LogP contribution in [0.3, 0.4) is 0 Å². The van der Waals surface area contributed by atoms with Crippen molar-refractivity contribution in [3.63, 3.8) is 0 Å². The van der Waals surface area contributed by atoms with E-state index in [2.05, 4.69) is 29.1 Å². The lowest BCUT2D eigenvalue weighted by molar-refractivity contribution is 0.199. The van der Waals surface area contributed by atoms with Gasteiger partial charge >= 0.3 is 0 Å². The fraction of sp³-hybridized carbons (Fsp3) is 0.818. The molecule has 0 radical (unpaired) electrons. The summed E-state index contributed by atoms with van der Waals surface area (Å²) in [4.78, 5) is 2.45. The lowest BCUT2D eigenvalue weighted by Crippen LogP contribution is -2.29. The lowest BCUT2D eigenvalue weighted by Gasteiger charge is -2.21. The van der Waals surface area contributed by atoms with Crippen LogP contribution in [0.25, 0.3) is 0 Å². The maximum atomic E-state index is 4.00.